The molecule has 2 rings (SSSR count). The Hall–Kier alpha value is -0.900. The minimum Gasteiger partial charge on any atom is -0.308 e. The first-order valence-corrected chi connectivity index (χ1v) is 8.37. The van der Waals surface area contributed by atoms with Gasteiger partial charge in [0, 0.05) is 15.7 Å². The first kappa shape index (κ1) is 16.5. The molecule has 1 heterocycles. The quantitative estimate of drug-likeness (QED) is 0.769. The van der Waals surface area contributed by atoms with Crippen molar-refractivity contribution in [3.05, 3.63) is 62.8 Å². The highest BCUT2D eigenvalue weighted by Crippen LogP contribution is 2.24. The predicted octanol–water partition coefficient (Wildman–Crippen LogP) is 5.09. The number of benzene rings is 1. The van der Waals surface area contributed by atoms with Crippen LogP contribution in [0.4, 0.5) is 0 Å². The van der Waals surface area contributed by atoms with Gasteiger partial charge in [0.05, 0.1) is 11.7 Å². The zero-order chi connectivity index (χ0) is 15.2. The highest BCUT2D eigenvalue weighted by Gasteiger charge is 2.14. The Labute approximate surface area is 140 Å². The largest absolute Gasteiger partial charge is 0.308 e. The molecule has 1 unspecified atom stereocenters. The fourth-order valence-electron chi connectivity index (χ4n) is 2.23. The van der Waals surface area contributed by atoms with Crippen LogP contribution in [0.3, 0.4) is 0 Å². The van der Waals surface area contributed by atoms with E-state index in [4.69, 9.17) is 11.6 Å². The molecule has 1 N–H and O–H groups in total. The third kappa shape index (κ3) is 4.80. The maximum absolute atomic E-state index is 6.36. The molecule has 21 heavy (non-hydrogen) atoms. The van der Waals surface area contributed by atoms with Gasteiger partial charge in [-0.25, -0.2) is 0 Å². The molecule has 0 amide bonds. The van der Waals surface area contributed by atoms with E-state index in [0.717, 1.165) is 40.1 Å². The van der Waals surface area contributed by atoms with Crippen LogP contribution in [0.1, 0.15) is 36.2 Å². The Morgan fingerprint density at radius 1 is 1.29 bits per heavy atom. The number of hydrogen-bond acceptors (Lipinski definition) is 2. The Bertz CT molecular complexity index is 584. The average molecular weight is 368 g/mol. The summed E-state index contributed by atoms with van der Waals surface area (Å²) in [4.78, 5) is 4.52. The van der Waals surface area contributed by atoms with Crippen LogP contribution < -0.4 is 5.32 Å². The number of nitrogens with zero attached hydrogens (tertiary/aromatic N) is 1. The molecular weight excluding hydrogens is 348 g/mol. The number of aromatic nitrogens is 1. The van der Waals surface area contributed by atoms with E-state index >= 15 is 0 Å². The van der Waals surface area contributed by atoms with Crippen molar-refractivity contribution in [3.63, 3.8) is 0 Å². The lowest BCUT2D eigenvalue weighted by atomic mass is 10.0. The van der Waals surface area contributed by atoms with Gasteiger partial charge in [0.15, 0.2) is 0 Å². The number of rotatable bonds is 6. The summed E-state index contributed by atoms with van der Waals surface area (Å²) in [7, 11) is 0. The molecule has 2 nitrogen and oxygen atoms in total. The summed E-state index contributed by atoms with van der Waals surface area (Å²) in [5.74, 6) is 0. The number of aryl methyl sites for hydroxylation is 1. The van der Waals surface area contributed by atoms with E-state index in [1.54, 1.807) is 0 Å². The minimum atomic E-state index is 0.179. The summed E-state index contributed by atoms with van der Waals surface area (Å²) >= 11 is 9.79. The standard InChI is InChI=1S/C17H20BrClN2/c1-3-8-20-17(16-7-6-14(18)11-21-16)10-13-5-4-12(2)9-15(13)19/h4-7,9,11,17,20H,3,8,10H2,1-2H3. The molecule has 0 spiro atoms. The summed E-state index contributed by atoms with van der Waals surface area (Å²) in [5, 5.41) is 4.39. The highest BCUT2D eigenvalue weighted by molar-refractivity contribution is 9.10. The summed E-state index contributed by atoms with van der Waals surface area (Å²) in [5.41, 5.74) is 3.38. The number of hydrogen-bond donors (Lipinski definition) is 1. The van der Waals surface area contributed by atoms with Crippen molar-refractivity contribution in [2.45, 2.75) is 32.7 Å². The predicted molar refractivity (Wildman–Crippen MR) is 92.9 cm³/mol. The Balaban J connectivity index is 2.21. The van der Waals surface area contributed by atoms with Gasteiger partial charge in [-0.15, -0.1) is 0 Å². The normalized spacial score (nSPS) is 12.4. The second-order valence-electron chi connectivity index (χ2n) is 5.21. The number of halogens is 2. The van der Waals surface area contributed by atoms with E-state index in [2.05, 4.69) is 58.3 Å². The lowest BCUT2D eigenvalue weighted by molar-refractivity contribution is 0.518. The van der Waals surface area contributed by atoms with Gasteiger partial charge in [0.25, 0.3) is 0 Å². The van der Waals surface area contributed by atoms with Crippen LogP contribution in [0, 0.1) is 6.92 Å². The first-order chi connectivity index (χ1) is 10.1. The molecule has 2 aromatic rings. The maximum atomic E-state index is 6.36. The fraction of sp³-hybridized carbons (Fsp3) is 0.353. The summed E-state index contributed by atoms with van der Waals surface area (Å²) in [6, 6.07) is 10.5. The van der Waals surface area contributed by atoms with Crippen LogP contribution in [-0.2, 0) is 6.42 Å². The van der Waals surface area contributed by atoms with E-state index < -0.39 is 0 Å². The molecule has 1 aromatic carbocycles. The molecule has 0 saturated heterocycles. The molecule has 0 bridgehead atoms. The van der Waals surface area contributed by atoms with Crippen molar-refractivity contribution in [1.29, 1.82) is 0 Å². The summed E-state index contributed by atoms with van der Waals surface area (Å²) in [6.45, 7) is 5.18. The van der Waals surface area contributed by atoms with Gasteiger partial charge < -0.3 is 5.32 Å². The number of pyridine rings is 1. The molecular formula is C17H20BrClN2. The van der Waals surface area contributed by atoms with Crippen molar-refractivity contribution in [2.75, 3.05) is 6.54 Å². The Morgan fingerprint density at radius 3 is 2.71 bits per heavy atom. The molecule has 112 valence electrons. The van der Waals surface area contributed by atoms with Gasteiger partial charge in [-0.2, -0.15) is 0 Å². The Morgan fingerprint density at radius 2 is 2.10 bits per heavy atom. The van der Waals surface area contributed by atoms with E-state index in [1.165, 1.54) is 5.56 Å². The molecule has 0 aliphatic heterocycles. The third-order valence-corrected chi connectivity index (χ3v) is 4.20. The lowest BCUT2D eigenvalue weighted by Crippen LogP contribution is -2.25. The van der Waals surface area contributed by atoms with E-state index in [1.807, 2.05) is 18.3 Å². The van der Waals surface area contributed by atoms with E-state index in [-0.39, 0.29) is 6.04 Å². The SMILES string of the molecule is CCCNC(Cc1ccc(C)cc1Cl)c1ccc(Br)cn1. The van der Waals surface area contributed by atoms with Gasteiger partial charge in [-0.1, -0.05) is 30.7 Å². The minimum absolute atomic E-state index is 0.179. The van der Waals surface area contributed by atoms with Gasteiger partial charge in [0.1, 0.15) is 0 Å². The maximum Gasteiger partial charge on any atom is 0.0577 e. The highest BCUT2D eigenvalue weighted by atomic mass is 79.9. The zero-order valence-electron chi connectivity index (χ0n) is 12.4. The van der Waals surface area contributed by atoms with Gasteiger partial charge in [-0.05, 0) is 71.6 Å². The molecule has 4 heteroatoms. The second kappa shape index (κ2) is 7.92. The molecule has 0 fully saturated rings. The lowest BCUT2D eigenvalue weighted by Gasteiger charge is -2.19. The fourth-order valence-corrected chi connectivity index (χ4v) is 2.78. The number of nitrogens with one attached hydrogen (secondary N) is 1. The van der Waals surface area contributed by atoms with Crippen LogP contribution in [0.5, 0.6) is 0 Å². The van der Waals surface area contributed by atoms with Crippen LogP contribution in [-0.4, -0.2) is 11.5 Å². The molecule has 1 aromatic heterocycles. The Kier molecular flexibility index (Phi) is 6.22. The first-order valence-electron chi connectivity index (χ1n) is 7.20. The topological polar surface area (TPSA) is 24.9 Å². The molecule has 0 aliphatic carbocycles. The smallest absolute Gasteiger partial charge is 0.0577 e. The van der Waals surface area contributed by atoms with Gasteiger partial charge >= 0.3 is 0 Å². The van der Waals surface area contributed by atoms with Crippen molar-refractivity contribution in [1.82, 2.24) is 10.3 Å². The molecule has 0 saturated carbocycles. The summed E-state index contributed by atoms with van der Waals surface area (Å²) in [6.07, 6.45) is 3.77. The van der Waals surface area contributed by atoms with Crippen LogP contribution in [0.25, 0.3) is 0 Å². The second-order valence-corrected chi connectivity index (χ2v) is 6.53. The van der Waals surface area contributed by atoms with Crippen LogP contribution in [0.2, 0.25) is 5.02 Å². The van der Waals surface area contributed by atoms with Crippen molar-refractivity contribution < 1.29 is 0 Å². The van der Waals surface area contributed by atoms with Crippen molar-refractivity contribution >= 4 is 27.5 Å². The average Bonchev–Trinajstić information content (AvgIpc) is 2.46. The monoisotopic (exact) mass is 366 g/mol. The molecule has 0 aliphatic rings. The molecule has 1 atom stereocenters. The van der Waals surface area contributed by atoms with Crippen LogP contribution >= 0.6 is 27.5 Å². The van der Waals surface area contributed by atoms with Gasteiger partial charge in [-0.3, -0.25) is 4.98 Å². The van der Waals surface area contributed by atoms with E-state index in [9.17, 15) is 0 Å². The molecule has 0 radical (unpaired) electrons. The van der Waals surface area contributed by atoms with Crippen LogP contribution in [0.15, 0.2) is 41.0 Å². The zero-order valence-corrected chi connectivity index (χ0v) is 14.7. The third-order valence-electron chi connectivity index (χ3n) is 3.38. The van der Waals surface area contributed by atoms with Crippen molar-refractivity contribution in [3.8, 4) is 0 Å². The van der Waals surface area contributed by atoms with E-state index in [0.29, 0.717) is 0 Å². The summed E-state index contributed by atoms with van der Waals surface area (Å²) < 4.78 is 0.994. The van der Waals surface area contributed by atoms with Gasteiger partial charge in [0.2, 0.25) is 0 Å². The van der Waals surface area contributed by atoms with Crippen molar-refractivity contribution in [2.24, 2.45) is 0 Å².